The lowest BCUT2D eigenvalue weighted by atomic mass is 9.98. The molecule has 0 heterocycles. The largest absolute Gasteiger partial charge is 0.310 e. The first-order valence-electron chi connectivity index (χ1n) is 6.64. The minimum atomic E-state index is 0.0979. The summed E-state index contributed by atoms with van der Waals surface area (Å²) in [7, 11) is 0. The molecule has 0 saturated heterocycles. The van der Waals surface area contributed by atoms with Crippen molar-refractivity contribution in [3.05, 3.63) is 67.6 Å². The fourth-order valence-corrected chi connectivity index (χ4v) is 2.91. The van der Waals surface area contributed by atoms with E-state index in [4.69, 9.17) is 46.4 Å². The maximum Gasteiger partial charge on any atom is 0.0624 e. The number of hydrogen-bond acceptors (Lipinski definition) is 1. The Morgan fingerprint density at radius 1 is 0.952 bits per heavy atom. The molecule has 112 valence electrons. The number of hydrogen-bond donors (Lipinski definition) is 1. The Bertz CT molecular complexity index is 628. The highest BCUT2D eigenvalue weighted by molar-refractivity contribution is 6.42. The number of benzene rings is 2. The number of likely N-dealkylation sites (N-methyl/N-ethyl adjacent to an activating group) is 1. The third-order valence-electron chi connectivity index (χ3n) is 3.25. The lowest BCUT2D eigenvalue weighted by Gasteiger charge is -2.20. The molecule has 21 heavy (non-hydrogen) atoms. The molecule has 0 amide bonds. The summed E-state index contributed by atoms with van der Waals surface area (Å²) in [4.78, 5) is 0. The smallest absolute Gasteiger partial charge is 0.0624 e. The molecule has 1 nitrogen and oxygen atoms in total. The molecular weight excluding hydrogens is 348 g/mol. The molecule has 1 N–H and O–H groups in total. The Hall–Kier alpha value is -0.440. The van der Waals surface area contributed by atoms with E-state index in [0.717, 1.165) is 24.1 Å². The van der Waals surface area contributed by atoms with E-state index in [-0.39, 0.29) is 6.04 Å². The van der Waals surface area contributed by atoms with Gasteiger partial charge in [0.1, 0.15) is 0 Å². The van der Waals surface area contributed by atoms with Gasteiger partial charge < -0.3 is 5.32 Å². The summed E-state index contributed by atoms with van der Waals surface area (Å²) in [6, 6.07) is 11.4. The second-order valence-corrected chi connectivity index (χ2v) is 6.30. The van der Waals surface area contributed by atoms with Crippen LogP contribution in [0.4, 0.5) is 0 Å². The van der Waals surface area contributed by atoms with Gasteiger partial charge >= 0.3 is 0 Å². The Labute approximate surface area is 145 Å². The van der Waals surface area contributed by atoms with Crippen molar-refractivity contribution in [2.75, 3.05) is 6.54 Å². The van der Waals surface area contributed by atoms with Crippen LogP contribution in [0, 0.1) is 0 Å². The van der Waals surface area contributed by atoms with E-state index in [2.05, 4.69) is 12.2 Å². The van der Waals surface area contributed by atoms with Crippen molar-refractivity contribution in [1.82, 2.24) is 5.32 Å². The van der Waals surface area contributed by atoms with E-state index in [0.29, 0.717) is 20.1 Å². The number of halogens is 4. The van der Waals surface area contributed by atoms with Crippen molar-refractivity contribution >= 4 is 46.4 Å². The zero-order valence-electron chi connectivity index (χ0n) is 11.5. The molecule has 0 spiro atoms. The Balaban J connectivity index is 2.30. The second-order valence-electron chi connectivity index (χ2n) is 4.70. The quantitative estimate of drug-likeness (QED) is 0.668. The predicted octanol–water partition coefficient (Wildman–Crippen LogP) is 6.19. The zero-order chi connectivity index (χ0) is 15.4. The van der Waals surface area contributed by atoms with E-state index >= 15 is 0 Å². The van der Waals surface area contributed by atoms with Gasteiger partial charge in [0.2, 0.25) is 0 Å². The van der Waals surface area contributed by atoms with Crippen molar-refractivity contribution in [3.8, 4) is 0 Å². The molecule has 0 bridgehead atoms. The normalized spacial score (nSPS) is 12.4. The fourth-order valence-electron chi connectivity index (χ4n) is 2.21. The molecule has 1 unspecified atom stereocenters. The van der Waals surface area contributed by atoms with Crippen LogP contribution < -0.4 is 5.32 Å². The topological polar surface area (TPSA) is 12.0 Å². The minimum absolute atomic E-state index is 0.0979. The molecule has 0 aliphatic heterocycles. The lowest BCUT2D eigenvalue weighted by molar-refractivity contribution is 0.550. The van der Waals surface area contributed by atoms with Gasteiger partial charge in [-0.2, -0.15) is 0 Å². The summed E-state index contributed by atoms with van der Waals surface area (Å²) < 4.78 is 0. The van der Waals surface area contributed by atoms with Crippen LogP contribution in [-0.4, -0.2) is 6.54 Å². The van der Waals surface area contributed by atoms with Gasteiger partial charge in [-0.05, 0) is 42.3 Å². The highest BCUT2D eigenvalue weighted by Crippen LogP contribution is 2.31. The van der Waals surface area contributed by atoms with Crippen LogP contribution in [0.2, 0.25) is 20.1 Å². The standard InChI is InChI=1S/C16H15Cl4N/c1-2-21-15(10-6-7-12(17)14(19)8-10)9-11-4-3-5-13(18)16(11)20/h3-8,15,21H,2,9H2,1H3. The molecule has 2 rings (SSSR count). The van der Waals surface area contributed by atoms with Crippen molar-refractivity contribution < 1.29 is 0 Å². The van der Waals surface area contributed by atoms with Gasteiger partial charge in [0.05, 0.1) is 20.1 Å². The molecule has 1 atom stereocenters. The first kappa shape index (κ1) is 16.9. The van der Waals surface area contributed by atoms with Crippen LogP contribution in [-0.2, 0) is 6.42 Å². The van der Waals surface area contributed by atoms with Crippen LogP contribution >= 0.6 is 46.4 Å². The maximum absolute atomic E-state index is 6.27. The van der Waals surface area contributed by atoms with Crippen LogP contribution in [0.25, 0.3) is 0 Å². The van der Waals surface area contributed by atoms with Crippen molar-refractivity contribution in [2.45, 2.75) is 19.4 Å². The minimum Gasteiger partial charge on any atom is -0.310 e. The molecule has 0 saturated carbocycles. The summed E-state index contributed by atoms with van der Waals surface area (Å²) >= 11 is 24.4. The van der Waals surface area contributed by atoms with E-state index in [1.165, 1.54) is 0 Å². The Kier molecular flexibility index (Phi) is 6.21. The molecule has 0 aliphatic rings. The van der Waals surface area contributed by atoms with Gasteiger partial charge in [-0.3, -0.25) is 0 Å². The number of rotatable bonds is 5. The van der Waals surface area contributed by atoms with E-state index in [1.54, 1.807) is 6.07 Å². The molecular formula is C16H15Cl4N. The van der Waals surface area contributed by atoms with Crippen LogP contribution in [0.1, 0.15) is 24.1 Å². The molecule has 5 heteroatoms. The third kappa shape index (κ3) is 4.28. The van der Waals surface area contributed by atoms with Crippen molar-refractivity contribution in [3.63, 3.8) is 0 Å². The van der Waals surface area contributed by atoms with Gasteiger partial charge in [0, 0.05) is 6.04 Å². The second kappa shape index (κ2) is 7.71. The first-order chi connectivity index (χ1) is 10.0. The Morgan fingerprint density at radius 2 is 1.71 bits per heavy atom. The van der Waals surface area contributed by atoms with Crippen LogP contribution in [0.15, 0.2) is 36.4 Å². The SMILES string of the molecule is CCNC(Cc1cccc(Cl)c1Cl)c1ccc(Cl)c(Cl)c1. The molecule has 0 fully saturated rings. The van der Waals surface area contributed by atoms with E-state index in [9.17, 15) is 0 Å². The average Bonchev–Trinajstić information content (AvgIpc) is 2.46. The van der Waals surface area contributed by atoms with Gasteiger partial charge in [-0.25, -0.2) is 0 Å². The van der Waals surface area contributed by atoms with Crippen LogP contribution in [0.3, 0.4) is 0 Å². The highest BCUT2D eigenvalue weighted by atomic mass is 35.5. The summed E-state index contributed by atoms with van der Waals surface area (Å²) in [5, 5.41) is 5.71. The van der Waals surface area contributed by atoms with Crippen molar-refractivity contribution in [2.24, 2.45) is 0 Å². The van der Waals surface area contributed by atoms with Crippen LogP contribution in [0.5, 0.6) is 0 Å². The molecule has 0 radical (unpaired) electrons. The molecule has 2 aromatic rings. The van der Waals surface area contributed by atoms with Gasteiger partial charge in [-0.1, -0.05) is 71.5 Å². The first-order valence-corrected chi connectivity index (χ1v) is 8.15. The number of nitrogens with one attached hydrogen (secondary N) is 1. The monoisotopic (exact) mass is 361 g/mol. The summed E-state index contributed by atoms with van der Waals surface area (Å²) in [6.45, 7) is 2.90. The molecule has 2 aromatic carbocycles. The molecule has 0 aliphatic carbocycles. The lowest BCUT2D eigenvalue weighted by Crippen LogP contribution is -2.23. The summed E-state index contributed by atoms with van der Waals surface area (Å²) in [6.07, 6.45) is 0.727. The van der Waals surface area contributed by atoms with E-state index < -0.39 is 0 Å². The predicted molar refractivity (Wildman–Crippen MR) is 93.0 cm³/mol. The zero-order valence-corrected chi connectivity index (χ0v) is 14.5. The van der Waals surface area contributed by atoms with Gasteiger partial charge in [0.25, 0.3) is 0 Å². The van der Waals surface area contributed by atoms with Crippen molar-refractivity contribution in [1.29, 1.82) is 0 Å². The van der Waals surface area contributed by atoms with Gasteiger partial charge in [-0.15, -0.1) is 0 Å². The molecule has 0 aromatic heterocycles. The fraction of sp³-hybridized carbons (Fsp3) is 0.250. The Morgan fingerprint density at radius 3 is 2.38 bits per heavy atom. The summed E-state index contributed by atoms with van der Waals surface area (Å²) in [5.74, 6) is 0. The van der Waals surface area contributed by atoms with E-state index in [1.807, 2.05) is 30.3 Å². The average molecular weight is 363 g/mol. The highest BCUT2D eigenvalue weighted by Gasteiger charge is 2.15. The summed E-state index contributed by atoms with van der Waals surface area (Å²) in [5.41, 5.74) is 2.07. The third-order valence-corrected chi connectivity index (χ3v) is 4.85. The van der Waals surface area contributed by atoms with Gasteiger partial charge in [0.15, 0.2) is 0 Å². The maximum atomic E-state index is 6.27.